The average Bonchev–Trinajstić information content (AvgIpc) is 3.03. The molecule has 0 unspecified atom stereocenters. The highest BCUT2D eigenvalue weighted by atomic mass is 16.6. The Bertz CT molecular complexity index is 1250. The summed E-state index contributed by atoms with van der Waals surface area (Å²) < 4.78 is 37.6. The fraction of sp³-hybridized carbons (Fsp3) is 0.323. The van der Waals surface area contributed by atoms with E-state index >= 15 is 0 Å². The van der Waals surface area contributed by atoms with E-state index in [1.54, 1.807) is 60.7 Å². The summed E-state index contributed by atoms with van der Waals surface area (Å²) in [6, 6.07) is 17.5. The number of benzene rings is 3. The molecule has 3 rings (SSSR count). The minimum atomic E-state index is -1.03. The Hall–Kier alpha value is -4.73. The molecule has 10 heteroatoms. The van der Waals surface area contributed by atoms with Crippen LogP contribution in [0.25, 0.3) is 0 Å². The zero-order chi connectivity index (χ0) is 29.8. The monoisotopic (exact) mass is 566 g/mol. The van der Waals surface area contributed by atoms with Crippen molar-refractivity contribution in [1.82, 2.24) is 0 Å². The highest BCUT2D eigenvalue weighted by Gasteiger charge is 2.35. The molecule has 0 radical (unpaired) electrons. The highest BCUT2D eigenvalue weighted by molar-refractivity contribution is 5.91. The molecule has 10 nitrogen and oxygen atoms in total. The summed E-state index contributed by atoms with van der Waals surface area (Å²) in [6.07, 6.45) is 0.359. The fourth-order valence-electron chi connectivity index (χ4n) is 3.75. The van der Waals surface area contributed by atoms with Crippen LogP contribution in [0, 0.1) is 5.41 Å². The Morgan fingerprint density at radius 2 is 0.927 bits per heavy atom. The summed E-state index contributed by atoms with van der Waals surface area (Å²) in [5.41, 5.74) is -0.170. The van der Waals surface area contributed by atoms with Gasteiger partial charge in [0.05, 0.1) is 50.5 Å². The molecule has 3 aromatic carbocycles. The maximum absolute atomic E-state index is 13.0. The molecule has 0 heterocycles. The summed E-state index contributed by atoms with van der Waals surface area (Å²) in [6.45, 7) is 1.28. The maximum atomic E-state index is 13.0. The lowest BCUT2D eigenvalue weighted by atomic mass is 9.88. The second kappa shape index (κ2) is 14.6. The van der Waals surface area contributed by atoms with Crippen LogP contribution in [0.3, 0.4) is 0 Å². The van der Waals surface area contributed by atoms with Crippen molar-refractivity contribution < 1.29 is 47.5 Å². The van der Waals surface area contributed by atoms with Gasteiger partial charge in [-0.05, 0) is 73.2 Å². The van der Waals surface area contributed by atoms with Gasteiger partial charge in [-0.15, -0.1) is 0 Å². The van der Waals surface area contributed by atoms with E-state index in [1.165, 1.54) is 34.5 Å². The smallest absolute Gasteiger partial charge is 0.338 e. The van der Waals surface area contributed by atoms with Gasteiger partial charge in [-0.3, -0.25) is 0 Å². The van der Waals surface area contributed by atoms with Crippen molar-refractivity contribution in [3.8, 4) is 23.0 Å². The molecule has 0 aliphatic carbocycles. The molecule has 0 amide bonds. The Balaban J connectivity index is 1.77. The van der Waals surface area contributed by atoms with Crippen LogP contribution in [0.5, 0.6) is 23.0 Å². The number of ether oxygens (including phenoxy) is 7. The number of rotatable bonds is 14. The van der Waals surface area contributed by atoms with E-state index < -0.39 is 23.3 Å². The van der Waals surface area contributed by atoms with Crippen molar-refractivity contribution in [2.24, 2.45) is 5.41 Å². The normalized spacial score (nSPS) is 10.8. The second-order valence-electron chi connectivity index (χ2n) is 9.11. The Labute approximate surface area is 239 Å². The second-order valence-corrected chi connectivity index (χ2v) is 9.11. The number of hydrogen-bond acceptors (Lipinski definition) is 10. The lowest BCUT2D eigenvalue weighted by Gasteiger charge is -2.31. The molecule has 0 saturated carbocycles. The Morgan fingerprint density at radius 3 is 1.29 bits per heavy atom. The third-order valence-electron chi connectivity index (χ3n) is 6.55. The van der Waals surface area contributed by atoms with E-state index in [0.717, 1.165) is 0 Å². The molecule has 0 aliphatic rings. The molecular formula is C31H34O10. The summed E-state index contributed by atoms with van der Waals surface area (Å²) in [5, 5.41) is 0. The fourth-order valence-corrected chi connectivity index (χ4v) is 3.75. The molecule has 41 heavy (non-hydrogen) atoms. The van der Waals surface area contributed by atoms with Crippen molar-refractivity contribution >= 4 is 17.9 Å². The van der Waals surface area contributed by atoms with Gasteiger partial charge < -0.3 is 33.2 Å². The summed E-state index contributed by atoms with van der Waals surface area (Å²) in [5.74, 6) is 0.213. The summed E-state index contributed by atoms with van der Waals surface area (Å²) in [7, 11) is 6.01. The van der Waals surface area contributed by atoms with Crippen molar-refractivity contribution in [1.29, 1.82) is 0 Å². The Morgan fingerprint density at radius 1 is 0.537 bits per heavy atom. The van der Waals surface area contributed by atoms with E-state index in [4.69, 9.17) is 33.2 Å². The molecule has 0 saturated heterocycles. The first-order chi connectivity index (χ1) is 19.8. The molecule has 0 fully saturated rings. The molecule has 0 aromatic heterocycles. The van der Waals surface area contributed by atoms with E-state index in [0.29, 0.717) is 40.5 Å². The zero-order valence-electron chi connectivity index (χ0n) is 23.8. The molecule has 0 aliphatic heterocycles. The average molecular weight is 567 g/mol. The predicted molar refractivity (Wildman–Crippen MR) is 149 cm³/mol. The van der Waals surface area contributed by atoms with Crippen molar-refractivity contribution in [3.05, 3.63) is 83.4 Å². The topological polar surface area (TPSA) is 116 Å². The SMILES string of the molecule is CCC(COC(=O)c1ccc(OC)cc1)(COC(=O)c1ccc(OC)cc1)COC(=O)c1ccc(OC)c(OC)c1. The number of carbonyl (C=O) groups excluding carboxylic acids is 3. The molecule has 0 N–H and O–H groups in total. The van der Waals surface area contributed by atoms with Gasteiger partial charge in [-0.2, -0.15) is 0 Å². The van der Waals surface area contributed by atoms with Crippen LogP contribution >= 0.6 is 0 Å². The van der Waals surface area contributed by atoms with Crippen LogP contribution in [-0.2, 0) is 14.2 Å². The lowest BCUT2D eigenvalue weighted by molar-refractivity contribution is -0.0381. The molecule has 0 atom stereocenters. The van der Waals surface area contributed by atoms with Gasteiger partial charge in [0.2, 0.25) is 0 Å². The maximum Gasteiger partial charge on any atom is 0.338 e. The van der Waals surface area contributed by atoms with E-state index in [2.05, 4.69) is 0 Å². The lowest BCUT2D eigenvalue weighted by Crippen LogP contribution is -2.39. The van der Waals surface area contributed by atoms with Crippen LogP contribution in [0.15, 0.2) is 66.7 Å². The van der Waals surface area contributed by atoms with Crippen molar-refractivity contribution in [2.75, 3.05) is 48.3 Å². The quantitative estimate of drug-likeness (QED) is 0.195. The van der Waals surface area contributed by atoms with Gasteiger partial charge in [0, 0.05) is 0 Å². The van der Waals surface area contributed by atoms with Crippen LogP contribution < -0.4 is 18.9 Å². The van der Waals surface area contributed by atoms with Crippen LogP contribution in [0.1, 0.15) is 44.4 Å². The minimum Gasteiger partial charge on any atom is -0.497 e. The molecule has 0 bridgehead atoms. The van der Waals surface area contributed by atoms with Crippen molar-refractivity contribution in [2.45, 2.75) is 13.3 Å². The van der Waals surface area contributed by atoms with E-state index in [9.17, 15) is 14.4 Å². The number of carbonyl (C=O) groups is 3. The molecular weight excluding hydrogens is 532 g/mol. The zero-order valence-corrected chi connectivity index (χ0v) is 23.8. The first kappa shape index (κ1) is 30.8. The number of hydrogen-bond donors (Lipinski definition) is 0. The molecule has 218 valence electrons. The van der Waals surface area contributed by atoms with Gasteiger partial charge in [0.15, 0.2) is 11.5 Å². The first-order valence-electron chi connectivity index (χ1n) is 12.8. The van der Waals surface area contributed by atoms with Crippen LogP contribution in [-0.4, -0.2) is 66.2 Å². The first-order valence-corrected chi connectivity index (χ1v) is 12.8. The van der Waals surface area contributed by atoms with Crippen LogP contribution in [0.4, 0.5) is 0 Å². The molecule has 0 spiro atoms. The standard InChI is InChI=1S/C31H34O10/c1-6-31(18-39-28(32)21-7-12-24(35-2)13-8-21,19-40-29(33)22-9-14-25(36-3)15-10-22)20-41-30(34)23-11-16-26(37-4)27(17-23)38-5/h7-17H,6,18-20H2,1-5H3. The summed E-state index contributed by atoms with van der Waals surface area (Å²) in [4.78, 5) is 38.6. The number of methoxy groups -OCH3 is 4. The number of esters is 3. The van der Waals surface area contributed by atoms with Gasteiger partial charge >= 0.3 is 17.9 Å². The van der Waals surface area contributed by atoms with Gasteiger partial charge in [-0.25, -0.2) is 14.4 Å². The van der Waals surface area contributed by atoms with Crippen molar-refractivity contribution in [3.63, 3.8) is 0 Å². The van der Waals surface area contributed by atoms with Gasteiger partial charge in [0.1, 0.15) is 31.3 Å². The Kier molecular flexibility index (Phi) is 11.0. The third-order valence-corrected chi connectivity index (χ3v) is 6.55. The summed E-state index contributed by atoms with van der Waals surface area (Å²) >= 11 is 0. The van der Waals surface area contributed by atoms with Gasteiger partial charge in [0.25, 0.3) is 0 Å². The highest BCUT2D eigenvalue weighted by Crippen LogP contribution is 2.29. The molecule has 3 aromatic rings. The van der Waals surface area contributed by atoms with E-state index in [-0.39, 0.29) is 25.4 Å². The minimum absolute atomic E-state index is 0.177. The van der Waals surface area contributed by atoms with E-state index in [1.807, 2.05) is 6.92 Å². The third kappa shape index (κ3) is 8.14. The largest absolute Gasteiger partial charge is 0.497 e. The predicted octanol–water partition coefficient (Wildman–Crippen LogP) is 4.99. The van der Waals surface area contributed by atoms with Crippen LogP contribution in [0.2, 0.25) is 0 Å². The van der Waals surface area contributed by atoms with Gasteiger partial charge in [-0.1, -0.05) is 6.92 Å².